The third-order valence-corrected chi connectivity index (χ3v) is 3.25. The predicted octanol–water partition coefficient (Wildman–Crippen LogP) is 4.96. The summed E-state index contributed by atoms with van der Waals surface area (Å²) < 4.78 is 0. The van der Waals surface area contributed by atoms with Gasteiger partial charge >= 0.3 is 0 Å². The predicted molar refractivity (Wildman–Crippen MR) is 88.7 cm³/mol. The van der Waals surface area contributed by atoms with Gasteiger partial charge in [0.25, 0.3) is 0 Å². The molecule has 2 heteroatoms. The van der Waals surface area contributed by atoms with Crippen LogP contribution in [0.15, 0.2) is 23.3 Å². The van der Waals surface area contributed by atoms with Crippen LogP contribution in [0, 0.1) is 5.41 Å². The smallest absolute Gasteiger partial charge is 0.228 e. The van der Waals surface area contributed by atoms with Crippen molar-refractivity contribution in [2.75, 3.05) is 6.54 Å². The fourth-order valence-electron chi connectivity index (χ4n) is 1.90. The van der Waals surface area contributed by atoms with Crippen LogP contribution in [0.3, 0.4) is 0 Å². The van der Waals surface area contributed by atoms with E-state index in [9.17, 15) is 4.79 Å². The van der Waals surface area contributed by atoms with E-state index >= 15 is 0 Å². The molecular weight excluding hydrogens is 246 g/mol. The number of rotatable bonds is 6. The minimum Gasteiger partial charge on any atom is -0.336 e. The molecule has 0 radical (unpaired) electrons. The van der Waals surface area contributed by atoms with Crippen molar-refractivity contribution < 1.29 is 4.79 Å². The standard InChI is InChI=1S/C18H33NO/c1-14(2)10-9-11-16(5)12-13-19(15(3)4)17(20)18(6,7)8/h10,12,15H,9,11,13H2,1-8H3/b16-12+. The summed E-state index contributed by atoms with van der Waals surface area (Å²) in [6.45, 7) is 17.2. The maximum absolute atomic E-state index is 12.4. The van der Waals surface area contributed by atoms with Crippen LogP contribution in [0.5, 0.6) is 0 Å². The number of nitrogens with zero attached hydrogens (tertiary/aromatic N) is 1. The second kappa shape index (κ2) is 8.28. The SMILES string of the molecule is CC(C)=CCC/C(C)=C/CN(C(=O)C(C)(C)C)C(C)C. The number of allylic oxidation sites excluding steroid dienone is 3. The third kappa shape index (κ3) is 7.52. The zero-order valence-electron chi connectivity index (χ0n) is 14.7. The first kappa shape index (κ1) is 18.9. The zero-order chi connectivity index (χ0) is 15.9. The van der Waals surface area contributed by atoms with Crippen LogP contribution in [0.1, 0.15) is 68.2 Å². The Labute approximate surface area is 125 Å². The molecule has 0 heterocycles. The number of carbonyl (C=O) groups excluding carboxylic acids is 1. The summed E-state index contributed by atoms with van der Waals surface area (Å²) in [5.41, 5.74) is 2.41. The molecule has 0 aliphatic carbocycles. The lowest BCUT2D eigenvalue weighted by molar-refractivity contribution is -0.140. The van der Waals surface area contributed by atoms with Gasteiger partial charge < -0.3 is 4.90 Å². The van der Waals surface area contributed by atoms with Gasteiger partial charge in [-0.2, -0.15) is 0 Å². The summed E-state index contributed by atoms with van der Waals surface area (Å²) >= 11 is 0. The number of hydrogen-bond acceptors (Lipinski definition) is 1. The van der Waals surface area contributed by atoms with Gasteiger partial charge in [-0.25, -0.2) is 0 Å². The zero-order valence-corrected chi connectivity index (χ0v) is 14.7. The second-order valence-electron chi connectivity index (χ2n) is 7.17. The molecule has 20 heavy (non-hydrogen) atoms. The molecule has 0 aliphatic rings. The summed E-state index contributed by atoms with van der Waals surface area (Å²) in [6.07, 6.45) is 6.61. The van der Waals surface area contributed by atoms with Gasteiger partial charge in [-0.15, -0.1) is 0 Å². The largest absolute Gasteiger partial charge is 0.336 e. The highest BCUT2D eigenvalue weighted by Gasteiger charge is 2.28. The lowest BCUT2D eigenvalue weighted by Crippen LogP contribution is -2.43. The molecule has 0 unspecified atom stereocenters. The van der Waals surface area contributed by atoms with E-state index in [-0.39, 0.29) is 17.4 Å². The van der Waals surface area contributed by atoms with Gasteiger partial charge in [0.2, 0.25) is 5.91 Å². The molecule has 0 aromatic rings. The summed E-state index contributed by atoms with van der Waals surface area (Å²) in [6, 6.07) is 0.239. The van der Waals surface area contributed by atoms with Crippen molar-refractivity contribution in [3.63, 3.8) is 0 Å². The van der Waals surface area contributed by atoms with E-state index < -0.39 is 0 Å². The van der Waals surface area contributed by atoms with Crippen LogP contribution in [-0.2, 0) is 4.79 Å². The van der Waals surface area contributed by atoms with Crippen molar-refractivity contribution >= 4 is 5.91 Å². The van der Waals surface area contributed by atoms with Crippen LogP contribution in [-0.4, -0.2) is 23.4 Å². The van der Waals surface area contributed by atoms with Crippen molar-refractivity contribution in [3.05, 3.63) is 23.3 Å². The highest BCUT2D eigenvalue weighted by atomic mass is 16.2. The first-order valence-corrected chi connectivity index (χ1v) is 7.65. The third-order valence-electron chi connectivity index (χ3n) is 3.25. The van der Waals surface area contributed by atoms with E-state index in [0.717, 1.165) is 12.8 Å². The molecule has 116 valence electrons. The Kier molecular flexibility index (Phi) is 7.85. The van der Waals surface area contributed by atoms with E-state index in [1.54, 1.807) is 0 Å². The second-order valence-corrected chi connectivity index (χ2v) is 7.17. The lowest BCUT2D eigenvalue weighted by Gasteiger charge is -2.32. The minimum absolute atomic E-state index is 0.223. The first-order chi connectivity index (χ1) is 9.05. The number of amides is 1. The summed E-state index contributed by atoms with van der Waals surface area (Å²) in [7, 11) is 0. The van der Waals surface area contributed by atoms with Crippen LogP contribution >= 0.6 is 0 Å². The van der Waals surface area contributed by atoms with Gasteiger partial charge in [-0.1, -0.05) is 44.1 Å². The first-order valence-electron chi connectivity index (χ1n) is 7.65. The Hall–Kier alpha value is -1.05. The molecule has 0 saturated carbocycles. The summed E-state index contributed by atoms with van der Waals surface area (Å²) in [5.74, 6) is 0.223. The molecule has 0 saturated heterocycles. The van der Waals surface area contributed by atoms with E-state index in [1.807, 2.05) is 25.7 Å². The van der Waals surface area contributed by atoms with Crippen molar-refractivity contribution in [1.82, 2.24) is 4.90 Å². The van der Waals surface area contributed by atoms with Crippen molar-refractivity contribution in [1.29, 1.82) is 0 Å². The minimum atomic E-state index is -0.311. The Morgan fingerprint density at radius 3 is 2.05 bits per heavy atom. The monoisotopic (exact) mass is 279 g/mol. The maximum atomic E-state index is 12.4. The molecule has 0 aromatic heterocycles. The normalized spacial score (nSPS) is 12.6. The molecule has 0 aliphatic heterocycles. The Bertz CT molecular complexity index is 365. The molecule has 0 atom stereocenters. The molecular formula is C18H33NO. The summed E-state index contributed by atoms with van der Waals surface area (Å²) in [4.78, 5) is 14.4. The molecule has 0 aromatic carbocycles. The number of carbonyl (C=O) groups is 1. The van der Waals surface area contributed by atoms with Gasteiger partial charge in [0.05, 0.1) is 0 Å². The quantitative estimate of drug-likeness (QED) is 0.629. The average molecular weight is 279 g/mol. The molecule has 1 amide bonds. The van der Waals surface area contributed by atoms with Crippen molar-refractivity contribution in [2.45, 2.75) is 74.3 Å². The van der Waals surface area contributed by atoms with Gasteiger partial charge in [-0.05, 0) is 47.5 Å². The Morgan fingerprint density at radius 1 is 1.10 bits per heavy atom. The summed E-state index contributed by atoms with van der Waals surface area (Å²) in [5, 5.41) is 0. The average Bonchev–Trinajstić information content (AvgIpc) is 2.26. The molecule has 0 rings (SSSR count). The topological polar surface area (TPSA) is 20.3 Å². The van der Waals surface area contributed by atoms with E-state index in [2.05, 4.69) is 46.8 Å². The number of hydrogen-bond donors (Lipinski definition) is 0. The van der Waals surface area contributed by atoms with Crippen LogP contribution < -0.4 is 0 Å². The van der Waals surface area contributed by atoms with Crippen molar-refractivity contribution in [2.24, 2.45) is 5.41 Å². The molecule has 0 N–H and O–H groups in total. The lowest BCUT2D eigenvalue weighted by atomic mass is 9.94. The fraction of sp³-hybridized carbons (Fsp3) is 0.722. The van der Waals surface area contributed by atoms with E-state index in [4.69, 9.17) is 0 Å². The Balaban J connectivity index is 4.62. The van der Waals surface area contributed by atoms with Crippen LogP contribution in [0.2, 0.25) is 0 Å². The Morgan fingerprint density at radius 2 is 1.65 bits per heavy atom. The van der Waals surface area contributed by atoms with Gasteiger partial charge in [0.1, 0.15) is 0 Å². The van der Waals surface area contributed by atoms with Gasteiger partial charge in [0.15, 0.2) is 0 Å². The van der Waals surface area contributed by atoms with E-state index in [0.29, 0.717) is 6.54 Å². The molecule has 0 fully saturated rings. The highest BCUT2D eigenvalue weighted by molar-refractivity contribution is 5.81. The van der Waals surface area contributed by atoms with Crippen LogP contribution in [0.25, 0.3) is 0 Å². The van der Waals surface area contributed by atoms with E-state index in [1.165, 1.54) is 11.1 Å². The van der Waals surface area contributed by atoms with Crippen molar-refractivity contribution in [3.8, 4) is 0 Å². The molecule has 2 nitrogen and oxygen atoms in total. The molecule has 0 spiro atoms. The fourth-order valence-corrected chi connectivity index (χ4v) is 1.90. The van der Waals surface area contributed by atoms with Crippen LogP contribution in [0.4, 0.5) is 0 Å². The highest BCUT2D eigenvalue weighted by Crippen LogP contribution is 2.19. The van der Waals surface area contributed by atoms with Gasteiger partial charge in [0, 0.05) is 18.0 Å². The maximum Gasteiger partial charge on any atom is 0.228 e. The van der Waals surface area contributed by atoms with Gasteiger partial charge in [-0.3, -0.25) is 4.79 Å². The molecule has 0 bridgehead atoms.